The Bertz CT molecular complexity index is 1210. The molecule has 1 amide bonds. The number of nitrogens with zero attached hydrogens (tertiary/aromatic N) is 3. The molecule has 15 heteroatoms. The second-order valence-electron chi connectivity index (χ2n) is 7.13. The molecule has 0 radical (unpaired) electrons. The zero-order valence-electron chi connectivity index (χ0n) is 18.6. The number of Topliss-reactive ketones (excluding diaryl/α,β-unsaturated/α-hetero) is 1. The predicted molar refractivity (Wildman–Crippen MR) is 124 cm³/mol. The number of hydrogen-bond acceptors (Lipinski definition) is 13. The molecular formula is C20H17N4NaO7S3. The quantitative estimate of drug-likeness (QED) is 0.157. The van der Waals surface area contributed by atoms with E-state index in [2.05, 4.69) is 10.1 Å². The number of thiazole rings is 1. The molecule has 0 aliphatic carbocycles. The van der Waals surface area contributed by atoms with Crippen LogP contribution in [0.1, 0.15) is 22.7 Å². The van der Waals surface area contributed by atoms with Gasteiger partial charge in [-0.15, -0.1) is 23.1 Å². The molecule has 2 unspecified atom stereocenters. The molecule has 4 heterocycles. The van der Waals surface area contributed by atoms with Gasteiger partial charge in [0.2, 0.25) is 5.91 Å². The van der Waals surface area contributed by atoms with Gasteiger partial charge in [-0.05, 0) is 17.7 Å². The number of anilines is 1. The maximum atomic E-state index is 12.9. The van der Waals surface area contributed by atoms with E-state index < -0.39 is 29.0 Å². The molecule has 1 fully saturated rings. The van der Waals surface area contributed by atoms with Gasteiger partial charge in [0, 0.05) is 23.3 Å². The smallest absolute Gasteiger partial charge is 0.543 e. The number of aromatic nitrogens is 1. The van der Waals surface area contributed by atoms with Gasteiger partial charge in [-0.1, -0.05) is 16.9 Å². The summed E-state index contributed by atoms with van der Waals surface area (Å²) in [5.41, 5.74) is 5.95. The van der Waals surface area contributed by atoms with E-state index in [-0.39, 0.29) is 80.6 Å². The van der Waals surface area contributed by atoms with E-state index in [4.69, 9.17) is 15.0 Å². The molecule has 0 aromatic carbocycles. The minimum absolute atomic E-state index is 0. The van der Waals surface area contributed by atoms with Gasteiger partial charge in [-0.25, -0.2) is 4.98 Å². The third-order valence-corrected chi connectivity index (χ3v) is 8.09. The number of β-lactam (4-membered cyclic amide) rings is 1. The molecule has 2 aromatic heterocycles. The maximum Gasteiger partial charge on any atom is 1.00 e. The second-order valence-corrected chi connectivity index (χ2v) is 10.1. The van der Waals surface area contributed by atoms with Crippen LogP contribution in [0.3, 0.4) is 0 Å². The Morgan fingerprint density at radius 1 is 1.43 bits per heavy atom. The summed E-state index contributed by atoms with van der Waals surface area (Å²) in [5.74, 6) is -2.77. The standard InChI is InChI=1S/C20H18N4O7S3.Na/c1-30-23-14(11-8-34-20(21)22-11)12(25)5-10-16(26)24-15(18(27)28)9(6-32-17(10)24)7-33-19(29)13-3-2-4-31-13;/h2-4,8,10,17H,5-7H2,1H3,(H2,21,22)(H,27,28);/q;+1/p-1/b23-14-;. The fraction of sp³-hybridized carbons (Fsp3) is 0.300. The van der Waals surface area contributed by atoms with Crippen LogP contribution in [0, 0.1) is 5.92 Å². The Hall–Kier alpha value is -2.10. The van der Waals surface area contributed by atoms with Crippen LogP contribution >= 0.6 is 34.9 Å². The molecule has 178 valence electrons. The second kappa shape index (κ2) is 11.8. The van der Waals surface area contributed by atoms with E-state index in [0.29, 0.717) is 5.57 Å². The SMILES string of the molecule is CO/N=C(\C(=O)CC1C(=O)N2C(C(=O)[O-])=C(CSC(=O)c3ccco3)CSC12)c1csc(N)n1.[Na+]. The van der Waals surface area contributed by atoms with Crippen molar-refractivity contribution in [1.29, 1.82) is 0 Å². The molecule has 0 bridgehead atoms. The number of carbonyl (C=O) groups is 4. The minimum atomic E-state index is -1.51. The Balaban J connectivity index is 0.00000342. The van der Waals surface area contributed by atoms with E-state index in [1.165, 1.54) is 31.2 Å². The average Bonchev–Trinajstić information content (AvgIpc) is 3.50. The summed E-state index contributed by atoms with van der Waals surface area (Å²) < 4.78 is 5.05. The van der Waals surface area contributed by atoms with Gasteiger partial charge >= 0.3 is 29.6 Å². The number of carboxylic acids is 1. The Morgan fingerprint density at radius 2 is 2.20 bits per heavy atom. The number of oxime groups is 1. The first-order chi connectivity index (χ1) is 16.3. The zero-order valence-corrected chi connectivity index (χ0v) is 23.0. The molecule has 1 saturated heterocycles. The van der Waals surface area contributed by atoms with Gasteiger partial charge in [-0.2, -0.15) is 0 Å². The van der Waals surface area contributed by atoms with E-state index in [1.54, 1.807) is 11.4 Å². The number of thioether (sulfide) groups is 2. The number of ketones is 1. The molecule has 2 atom stereocenters. The zero-order chi connectivity index (χ0) is 24.4. The number of carbonyl (C=O) groups excluding carboxylic acids is 4. The summed E-state index contributed by atoms with van der Waals surface area (Å²) in [6.07, 6.45) is 1.17. The summed E-state index contributed by atoms with van der Waals surface area (Å²) in [7, 11) is 1.28. The molecule has 11 nitrogen and oxygen atoms in total. The summed E-state index contributed by atoms with van der Waals surface area (Å²) in [4.78, 5) is 59.7. The number of hydrogen-bond donors (Lipinski definition) is 1. The normalized spacial score (nSPS) is 19.5. The van der Waals surface area contributed by atoms with Gasteiger partial charge in [0.25, 0.3) is 5.12 Å². The molecule has 2 aliphatic heterocycles. The molecule has 2 N–H and O–H groups in total. The first-order valence-corrected chi connectivity index (χ1v) is 12.7. The van der Waals surface area contributed by atoms with Crippen molar-refractivity contribution in [2.24, 2.45) is 11.1 Å². The van der Waals surface area contributed by atoms with Crippen molar-refractivity contribution in [3.05, 3.63) is 46.5 Å². The van der Waals surface area contributed by atoms with Gasteiger partial charge in [0.15, 0.2) is 22.4 Å². The van der Waals surface area contributed by atoms with E-state index in [1.807, 2.05) is 0 Å². The number of aliphatic carboxylic acids is 1. The van der Waals surface area contributed by atoms with Crippen LogP contribution in [0.15, 0.2) is 44.6 Å². The van der Waals surface area contributed by atoms with E-state index in [9.17, 15) is 24.3 Å². The number of fused-ring (bicyclic) bond motifs is 1. The van der Waals surface area contributed by atoms with Crippen LogP contribution in [0.4, 0.5) is 5.13 Å². The monoisotopic (exact) mass is 544 g/mol. The van der Waals surface area contributed by atoms with Crippen molar-refractivity contribution >= 4 is 68.5 Å². The molecular weight excluding hydrogens is 527 g/mol. The minimum Gasteiger partial charge on any atom is -0.543 e. The molecule has 2 aliphatic rings. The number of carboxylic acid groups (broad SMARTS) is 1. The van der Waals surface area contributed by atoms with Crippen molar-refractivity contribution < 1.29 is 63.1 Å². The van der Waals surface area contributed by atoms with Crippen LogP contribution in [0.25, 0.3) is 0 Å². The largest absolute Gasteiger partial charge is 1.00 e. The van der Waals surface area contributed by atoms with Crippen molar-refractivity contribution in [2.75, 3.05) is 24.3 Å². The van der Waals surface area contributed by atoms with Crippen molar-refractivity contribution in [1.82, 2.24) is 9.88 Å². The Morgan fingerprint density at radius 3 is 2.80 bits per heavy atom. The van der Waals surface area contributed by atoms with Crippen LogP contribution in [-0.4, -0.2) is 62.4 Å². The predicted octanol–water partition coefficient (Wildman–Crippen LogP) is -2.26. The van der Waals surface area contributed by atoms with E-state index in [0.717, 1.165) is 28.0 Å². The van der Waals surface area contributed by atoms with Crippen LogP contribution in [-0.2, 0) is 19.2 Å². The molecule has 2 aromatic rings. The van der Waals surface area contributed by atoms with Crippen LogP contribution in [0.2, 0.25) is 0 Å². The summed E-state index contributed by atoms with van der Waals surface area (Å²) in [6.45, 7) is 0. The fourth-order valence-electron chi connectivity index (χ4n) is 3.56. The van der Waals surface area contributed by atoms with Crippen molar-refractivity contribution in [2.45, 2.75) is 11.8 Å². The van der Waals surface area contributed by atoms with Crippen LogP contribution in [0.5, 0.6) is 0 Å². The number of nitrogens with two attached hydrogens (primary N) is 1. The number of furan rings is 1. The molecule has 0 saturated carbocycles. The van der Waals surface area contributed by atoms with Crippen LogP contribution < -0.4 is 40.4 Å². The molecule has 35 heavy (non-hydrogen) atoms. The molecule has 4 rings (SSSR count). The van der Waals surface area contributed by atoms with Gasteiger partial charge < -0.3 is 24.9 Å². The maximum absolute atomic E-state index is 12.9. The van der Waals surface area contributed by atoms with Crippen molar-refractivity contribution in [3.63, 3.8) is 0 Å². The Labute approximate surface area is 233 Å². The summed E-state index contributed by atoms with van der Waals surface area (Å²) in [6, 6.07) is 3.09. The number of rotatable bonds is 9. The first-order valence-electron chi connectivity index (χ1n) is 9.76. The Kier molecular flexibility index (Phi) is 9.23. The average molecular weight is 545 g/mol. The van der Waals surface area contributed by atoms with Gasteiger partial charge in [0.05, 0.1) is 29.2 Å². The van der Waals surface area contributed by atoms with Crippen molar-refractivity contribution in [3.8, 4) is 0 Å². The van der Waals surface area contributed by atoms with Gasteiger partial charge in [0.1, 0.15) is 12.8 Å². The third kappa shape index (κ3) is 5.67. The van der Waals surface area contributed by atoms with Gasteiger partial charge in [-0.3, -0.25) is 19.3 Å². The summed E-state index contributed by atoms with van der Waals surface area (Å²) in [5, 5.41) is 16.5. The number of amides is 1. The topological polar surface area (TPSA) is 168 Å². The van der Waals surface area contributed by atoms with E-state index >= 15 is 0 Å². The first kappa shape index (κ1) is 27.5. The fourth-order valence-corrected chi connectivity index (χ4v) is 6.45. The number of nitrogen functional groups attached to an aromatic ring is 1. The summed E-state index contributed by atoms with van der Waals surface area (Å²) >= 11 is 3.33. The third-order valence-electron chi connectivity index (χ3n) is 5.07. The molecule has 0 spiro atoms.